The van der Waals surface area contributed by atoms with Crippen LogP contribution in [0, 0.1) is 5.41 Å². The summed E-state index contributed by atoms with van der Waals surface area (Å²) < 4.78 is 6.93. The number of carbonyl (C=O) groups excluding carboxylic acids is 2. The largest absolute Gasteiger partial charge is 0.447 e. The fourth-order valence-corrected chi connectivity index (χ4v) is 2.89. The molecule has 2 N–H and O–H groups in total. The maximum absolute atomic E-state index is 12.7. The molecule has 0 saturated carbocycles. The van der Waals surface area contributed by atoms with Crippen LogP contribution in [0.2, 0.25) is 0 Å². The smallest absolute Gasteiger partial charge is 0.414 e. The molecule has 1 aliphatic heterocycles. The first-order valence-electron chi connectivity index (χ1n) is 8.91. The molecule has 1 aliphatic rings. The number of carbonyl (C=O) groups is 2. The summed E-state index contributed by atoms with van der Waals surface area (Å²) in [6.45, 7) is 7.63. The Morgan fingerprint density at radius 1 is 1.33 bits per heavy atom. The Balaban J connectivity index is 1.72. The van der Waals surface area contributed by atoms with Gasteiger partial charge in [-0.25, -0.2) is 14.6 Å². The molecular formula is C19H25N5O3. The number of imidazole rings is 1. The summed E-state index contributed by atoms with van der Waals surface area (Å²) in [6, 6.07) is 6.75. The molecule has 0 spiro atoms. The van der Waals surface area contributed by atoms with E-state index in [1.165, 1.54) is 4.90 Å². The van der Waals surface area contributed by atoms with E-state index in [-0.39, 0.29) is 17.5 Å². The number of nitrogens with one attached hydrogen (secondary N) is 2. The Bertz CT molecular complexity index is 798. The highest BCUT2D eigenvalue weighted by Gasteiger charge is 2.28. The zero-order valence-electron chi connectivity index (χ0n) is 15.8. The average molecular weight is 371 g/mol. The van der Waals surface area contributed by atoms with Crippen LogP contribution in [0.3, 0.4) is 0 Å². The quantitative estimate of drug-likeness (QED) is 0.845. The SMILES string of the molecule is CC(C)(C)[C@@H](Cn1ccnc1)NC(=O)Nc1ccccc1N1CCOC1=O. The summed E-state index contributed by atoms with van der Waals surface area (Å²) in [6.07, 6.45) is 4.90. The minimum absolute atomic E-state index is 0.115. The van der Waals surface area contributed by atoms with E-state index in [1.54, 1.807) is 24.7 Å². The zero-order valence-corrected chi connectivity index (χ0v) is 15.8. The molecule has 1 aromatic carbocycles. The van der Waals surface area contributed by atoms with E-state index in [1.807, 2.05) is 22.9 Å². The molecule has 1 fully saturated rings. The lowest BCUT2D eigenvalue weighted by atomic mass is 9.86. The summed E-state index contributed by atoms with van der Waals surface area (Å²) in [5.74, 6) is 0. The molecule has 144 valence electrons. The van der Waals surface area contributed by atoms with Crippen LogP contribution in [0.1, 0.15) is 20.8 Å². The number of para-hydroxylation sites is 2. The average Bonchev–Trinajstić information content (AvgIpc) is 3.25. The van der Waals surface area contributed by atoms with Crippen molar-refractivity contribution in [1.29, 1.82) is 0 Å². The molecule has 3 rings (SSSR count). The second kappa shape index (κ2) is 7.69. The molecule has 0 radical (unpaired) electrons. The van der Waals surface area contributed by atoms with Gasteiger partial charge in [-0.15, -0.1) is 0 Å². The fourth-order valence-electron chi connectivity index (χ4n) is 2.89. The van der Waals surface area contributed by atoms with Crippen molar-refractivity contribution in [2.75, 3.05) is 23.4 Å². The number of hydrogen-bond donors (Lipinski definition) is 2. The van der Waals surface area contributed by atoms with Gasteiger partial charge < -0.3 is 19.9 Å². The first kappa shape index (κ1) is 18.8. The third-order valence-corrected chi connectivity index (χ3v) is 4.51. The van der Waals surface area contributed by atoms with E-state index in [2.05, 4.69) is 36.4 Å². The Kier molecular flexibility index (Phi) is 5.34. The predicted octanol–water partition coefficient (Wildman–Crippen LogP) is 3.08. The normalized spacial score (nSPS) is 15.4. The standard InChI is InChI=1S/C19H25N5O3/c1-19(2,3)16(12-23-9-8-20-13-23)22-17(25)21-14-6-4-5-7-15(14)24-10-11-27-18(24)26/h4-9,13,16H,10-12H2,1-3H3,(H2,21,22,25)/t16-/m1/s1. The zero-order chi connectivity index (χ0) is 19.4. The number of aromatic nitrogens is 2. The summed E-state index contributed by atoms with van der Waals surface area (Å²) in [4.78, 5) is 30.1. The molecule has 0 aliphatic carbocycles. The summed E-state index contributed by atoms with van der Waals surface area (Å²) in [7, 11) is 0. The van der Waals surface area contributed by atoms with Gasteiger partial charge in [-0.2, -0.15) is 0 Å². The first-order valence-corrected chi connectivity index (χ1v) is 8.91. The molecule has 1 saturated heterocycles. The number of ether oxygens (including phenoxy) is 1. The number of anilines is 2. The number of benzene rings is 1. The van der Waals surface area contributed by atoms with Gasteiger partial charge in [0.05, 0.1) is 30.3 Å². The predicted molar refractivity (Wildman–Crippen MR) is 103 cm³/mol. The van der Waals surface area contributed by atoms with Gasteiger partial charge in [0, 0.05) is 18.9 Å². The topological polar surface area (TPSA) is 88.5 Å². The Hall–Kier alpha value is -3.03. The number of amides is 3. The lowest BCUT2D eigenvalue weighted by Gasteiger charge is -2.32. The van der Waals surface area contributed by atoms with E-state index < -0.39 is 6.09 Å². The number of cyclic esters (lactones) is 1. The molecule has 0 unspecified atom stereocenters. The van der Waals surface area contributed by atoms with Crippen LogP contribution < -0.4 is 15.5 Å². The molecule has 27 heavy (non-hydrogen) atoms. The Labute approximate surface area is 158 Å². The van der Waals surface area contributed by atoms with Crippen molar-refractivity contribution in [3.05, 3.63) is 43.0 Å². The van der Waals surface area contributed by atoms with Crippen molar-refractivity contribution < 1.29 is 14.3 Å². The maximum atomic E-state index is 12.7. The van der Waals surface area contributed by atoms with Crippen molar-refractivity contribution in [3.63, 3.8) is 0 Å². The van der Waals surface area contributed by atoms with E-state index in [0.29, 0.717) is 31.1 Å². The second-order valence-electron chi connectivity index (χ2n) is 7.56. The van der Waals surface area contributed by atoms with Gasteiger partial charge in [-0.05, 0) is 17.5 Å². The van der Waals surface area contributed by atoms with Gasteiger partial charge in [-0.3, -0.25) is 4.90 Å². The van der Waals surface area contributed by atoms with Crippen molar-refractivity contribution in [1.82, 2.24) is 14.9 Å². The van der Waals surface area contributed by atoms with Gasteiger partial charge in [0.15, 0.2) is 0 Å². The number of rotatable bonds is 5. The Morgan fingerprint density at radius 2 is 2.11 bits per heavy atom. The van der Waals surface area contributed by atoms with Gasteiger partial charge in [0.25, 0.3) is 0 Å². The Morgan fingerprint density at radius 3 is 2.74 bits per heavy atom. The van der Waals surface area contributed by atoms with E-state index in [0.717, 1.165) is 0 Å². The summed E-state index contributed by atoms with van der Waals surface area (Å²) in [5, 5.41) is 5.91. The maximum Gasteiger partial charge on any atom is 0.414 e. The first-order chi connectivity index (χ1) is 12.8. The summed E-state index contributed by atoms with van der Waals surface area (Å²) in [5.41, 5.74) is 1.03. The highest BCUT2D eigenvalue weighted by Crippen LogP contribution is 2.28. The lowest BCUT2D eigenvalue weighted by Crippen LogP contribution is -2.48. The third-order valence-electron chi connectivity index (χ3n) is 4.51. The van der Waals surface area contributed by atoms with Crippen molar-refractivity contribution >= 4 is 23.5 Å². The van der Waals surface area contributed by atoms with Crippen molar-refractivity contribution in [2.45, 2.75) is 33.4 Å². The van der Waals surface area contributed by atoms with E-state index >= 15 is 0 Å². The summed E-state index contributed by atoms with van der Waals surface area (Å²) >= 11 is 0. The number of nitrogens with zero attached hydrogens (tertiary/aromatic N) is 3. The molecule has 1 aromatic heterocycles. The van der Waals surface area contributed by atoms with Gasteiger partial charge in [0.2, 0.25) is 0 Å². The van der Waals surface area contributed by atoms with Crippen molar-refractivity contribution in [2.24, 2.45) is 5.41 Å². The van der Waals surface area contributed by atoms with Crippen LogP contribution in [0.5, 0.6) is 0 Å². The highest BCUT2D eigenvalue weighted by molar-refractivity contribution is 5.99. The van der Waals surface area contributed by atoms with E-state index in [4.69, 9.17) is 4.74 Å². The van der Waals surface area contributed by atoms with Gasteiger partial charge in [0.1, 0.15) is 6.61 Å². The molecule has 8 nitrogen and oxygen atoms in total. The molecule has 2 heterocycles. The lowest BCUT2D eigenvalue weighted by molar-refractivity contribution is 0.181. The molecule has 2 aromatic rings. The number of hydrogen-bond acceptors (Lipinski definition) is 4. The minimum atomic E-state index is -0.405. The van der Waals surface area contributed by atoms with Crippen LogP contribution in [0.4, 0.5) is 21.0 Å². The van der Waals surface area contributed by atoms with Crippen LogP contribution in [-0.2, 0) is 11.3 Å². The fraction of sp³-hybridized carbons (Fsp3) is 0.421. The third kappa shape index (κ3) is 4.58. The molecule has 3 amide bonds. The van der Waals surface area contributed by atoms with Crippen LogP contribution in [0.15, 0.2) is 43.0 Å². The molecular weight excluding hydrogens is 346 g/mol. The van der Waals surface area contributed by atoms with Gasteiger partial charge in [-0.1, -0.05) is 32.9 Å². The minimum Gasteiger partial charge on any atom is -0.447 e. The van der Waals surface area contributed by atoms with E-state index in [9.17, 15) is 9.59 Å². The molecule has 8 heteroatoms. The molecule has 1 atom stereocenters. The van der Waals surface area contributed by atoms with Crippen LogP contribution in [-0.4, -0.2) is 40.9 Å². The van der Waals surface area contributed by atoms with Crippen LogP contribution in [0.25, 0.3) is 0 Å². The monoisotopic (exact) mass is 371 g/mol. The molecule has 0 bridgehead atoms. The highest BCUT2D eigenvalue weighted by atomic mass is 16.6. The number of urea groups is 1. The van der Waals surface area contributed by atoms with Crippen LogP contribution >= 0.6 is 0 Å². The van der Waals surface area contributed by atoms with Crippen molar-refractivity contribution in [3.8, 4) is 0 Å². The second-order valence-corrected chi connectivity index (χ2v) is 7.56. The van der Waals surface area contributed by atoms with Gasteiger partial charge >= 0.3 is 12.1 Å².